The minimum atomic E-state index is -0.945. The summed E-state index contributed by atoms with van der Waals surface area (Å²) in [5.74, 6) is 1.28. The van der Waals surface area contributed by atoms with Gasteiger partial charge in [0.15, 0.2) is 5.58 Å². The number of fused-ring (bicyclic) bond motifs is 2. The Morgan fingerprint density at radius 3 is 2.70 bits per heavy atom. The molecule has 3 heterocycles. The van der Waals surface area contributed by atoms with Crippen LogP contribution in [0.5, 0.6) is 5.75 Å². The van der Waals surface area contributed by atoms with E-state index in [2.05, 4.69) is 20.3 Å². The number of carbonyl (C=O) groups is 1. The van der Waals surface area contributed by atoms with Crippen LogP contribution in [0, 0.1) is 0 Å². The summed E-state index contributed by atoms with van der Waals surface area (Å²) in [7, 11) is 1.79. The number of hydrogen-bond acceptors (Lipinski definition) is 8. The van der Waals surface area contributed by atoms with Gasteiger partial charge >= 0.3 is 0 Å². The van der Waals surface area contributed by atoms with E-state index in [1.165, 1.54) is 0 Å². The molecular formula is C24H25N5O4. The van der Waals surface area contributed by atoms with Crippen LogP contribution in [0.25, 0.3) is 33.3 Å². The third-order valence-corrected chi connectivity index (χ3v) is 5.90. The Balaban J connectivity index is 1.60. The quantitative estimate of drug-likeness (QED) is 0.393. The van der Waals surface area contributed by atoms with Crippen molar-refractivity contribution in [3.05, 3.63) is 42.4 Å². The average Bonchev–Trinajstić information content (AvgIpc) is 3.50. The molecule has 3 aromatic heterocycles. The lowest BCUT2D eigenvalue weighted by Crippen LogP contribution is -2.29. The number of aromatic nitrogens is 3. The smallest absolute Gasteiger partial charge is 0.229 e. The van der Waals surface area contributed by atoms with Crippen LogP contribution in [-0.4, -0.2) is 45.2 Å². The lowest BCUT2D eigenvalue weighted by Gasteiger charge is -2.17. The van der Waals surface area contributed by atoms with Gasteiger partial charge in [-0.05, 0) is 44.9 Å². The van der Waals surface area contributed by atoms with Crippen LogP contribution in [0.2, 0.25) is 0 Å². The van der Waals surface area contributed by atoms with E-state index >= 15 is 0 Å². The van der Waals surface area contributed by atoms with Gasteiger partial charge in [-0.2, -0.15) is 0 Å². The Bertz CT molecular complexity index is 1390. The first-order valence-electron chi connectivity index (χ1n) is 10.7. The first-order valence-corrected chi connectivity index (χ1v) is 10.7. The van der Waals surface area contributed by atoms with Gasteiger partial charge in [0.2, 0.25) is 11.8 Å². The molecule has 0 aliphatic heterocycles. The molecule has 33 heavy (non-hydrogen) atoms. The topological polar surface area (TPSA) is 136 Å². The molecule has 1 aromatic carbocycles. The van der Waals surface area contributed by atoms with Gasteiger partial charge in [0.1, 0.15) is 23.7 Å². The fourth-order valence-electron chi connectivity index (χ4n) is 3.89. The average molecular weight is 447 g/mol. The Kier molecular flexibility index (Phi) is 4.75. The zero-order valence-electron chi connectivity index (χ0n) is 18.7. The second-order valence-electron chi connectivity index (χ2n) is 9.08. The van der Waals surface area contributed by atoms with E-state index in [-0.39, 0.29) is 12.5 Å². The Labute approximate surface area is 190 Å². The van der Waals surface area contributed by atoms with Crippen LogP contribution in [0.4, 0.5) is 5.82 Å². The number of carbonyl (C=O) groups excluding carboxylic acids is 1. The maximum absolute atomic E-state index is 12.1. The molecule has 1 amide bonds. The molecule has 9 nitrogen and oxygen atoms in total. The SMILES string of the molecule is CNc1ncc(-c2nc3cc(OCC(C)(C)O)ccc3o2)c2cc(C3(C(N)=O)CC3)ncc12. The molecule has 1 saturated carbocycles. The van der Waals surface area contributed by atoms with E-state index < -0.39 is 11.0 Å². The molecule has 1 aliphatic rings. The molecule has 0 saturated heterocycles. The zero-order chi connectivity index (χ0) is 23.4. The second-order valence-corrected chi connectivity index (χ2v) is 9.08. The van der Waals surface area contributed by atoms with E-state index in [0.717, 1.165) is 10.8 Å². The number of rotatable bonds is 7. The molecule has 0 radical (unpaired) electrons. The molecule has 170 valence electrons. The summed E-state index contributed by atoms with van der Waals surface area (Å²) < 4.78 is 11.7. The van der Waals surface area contributed by atoms with Crippen molar-refractivity contribution in [2.24, 2.45) is 5.73 Å². The fourth-order valence-corrected chi connectivity index (χ4v) is 3.89. The van der Waals surface area contributed by atoms with E-state index in [0.29, 0.717) is 52.7 Å². The highest BCUT2D eigenvalue weighted by atomic mass is 16.5. The molecule has 4 aromatic rings. The van der Waals surface area contributed by atoms with E-state index in [9.17, 15) is 9.90 Å². The van der Waals surface area contributed by atoms with Gasteiger partial charge in [0, 0.05) is 36.3 Å². The minimum Gasteiger partial charge on any atom is -0.491 e. The van der Waals surface area contributed by atoms with Crippen LogP contribution >= 0.6 is 0 Å². The van der Waals surface area contributed by atoms with Crippen molar-refractivity contribution < 1.29 is 19.1 Å². The lowest BCUT2D eigenvalue weighted by molar-refractivity contribution is -0.120. The van der Waals surface area contributed by atoms with Crippen molar-refractivity contribution in [2.75, 3.05) is 19.0 Å². The van der Waals surface area contributed by atoms with Crippen molar-refractivity contribution >= 4 is 33.6 Å². The molecule has 0 bridgehead atoms. The van der Waals surface area contributed by atoms with Crippen molar-refractivity contribution in [3.8, 4) is 17.2 Å². The van der Waals surface area contributed by atoms with Crippen LogP contribution in [0.15, 0.2) is 41.1 Å². The summed E-state index contributed by atoms with van der Waals surface area (Å²) in [4.78, 5) is 25.7. The van der Waals surface area contributed by atoms with E-state index in [1.54, 1.807) is 51.5 Å². The number of oxazole rings is 1. The molecule has 0 atom stereocenters. The number of pyridine rings is 2. The van der Waals surface area contributed by atoms with Gasteiger partial charge in [-0.15, -0.1) is 0 Å². The largest absolute Gasteiger partial charge is 0.491 e. The summed E-state index contributed by atoms with van der Waals surface area (Å²) in [6.45, 7) is 3.51. The predicted octanol–water partition coefficient (Wildman–Crippen LogP) is 3.15. The van der Waals surface area contributed by atoms with Gasteiger partial charge < -0.3 is 25.3 Å². The highest BCUT2D eigenvalue weighted by Crippen LogP contribution is 2.48. The summed E-state index contributed by atoms with van der Waals surface area (Å²) in [5.41, 5.74) is 6.56. The first kappa shape index (κ1) is 21.1. The van der Waals surface area contributed by atoms with E-state index in [1.807, 2.05) is 6.07 Å². The van der Waals surface area contributed by atoms with Crippen LogP contribution in [0.1, 0.15) is 32.4 Å². The lowest BCUT2D eigenvalue weighted by atomic mass is 9.98. The normalized spacial score (nSPS) is 15.0. The van der Waals surface area contributed by atoms with Crippen LogP contribution < -0.4 is 15.8 Å². The summed E-state index contributed by atoms with van der Waals surface area (Å²) >= 11 is 0. The molecule has 1 aliphatic carbocycles. The number of amides is 1. The summed E-state index contributed by atoms with van der Waals surface area (Å²) in [6, 6.07) is 7.21. The third-order valence-electron chi connectivity index (χ3n) is 5.90. The molecular weight excluding hydrogens is 422 g/mol. The predicted molar refractivity (Wildman–Crippen MR) is 124 cm³/mol. The van der Waals surface area contributed by atoms with Crippen molar-refractivity contribution in [1.82, 2.24) is 15.0 Å². The summed E-state index contributed by atoms with van der Waals surface area (Å²) in [6.07, 6.45) is 4.78. The number of anilines is 1. The number of nitrogens with two attached hydrogens (primary N) is 1. The Morgan fingerprint density at radius 2 is 2.03 bits per heavy atom. The van der Waals surface area contributed by atoms with Crippen molar-refractivity contribution in [1.29, 1.82) is 0 Å². The van der Waals surface area contributed by atoms with Gasteiger partial charge in [0.05, 0.1) is 22.3 Å². The number of ether oxygens (including phenoxy) is 1. The molecule has 5 rings (SSSR count). The minimum absolute atomic E-state index is 0.153. The standard InChI is InChI=1S/C24H25N5O4/c1-23(2,31)12-32-13-4-5-18-17(8-13)29-21(33-18)16-11-28-20(26-3)15-10-27-19(9-14(15)16)24(6-7-24)22(25)30/h4-5,8-11,31H,6-7,12H2,1-3H3,(H2,25,30)(H,26,28). The van der Waals surface area contributed by atoms with E-state index in [4.69, 9.17) is 14.9 Å². The number of nitrogens with one attached hydrogen (secondary N) is 1. The fraction of sp³-hybridized carbons (Fsp3) is 0.333. The summed E-state index contributed by atoms with van der Waals surface area (Å²) in [5, 5.41) is 14.6. The van der Waals surface area contributed by atoms with Crippen molar-refractivity contribution in [3.63, 3.8) is 0 Å². The van der Waals surface area contributed by atoms with Gasteiger partial charge in [-0.3, -0.25) is 9.78 Å². The maximum atomic E-state index is 12.1. The van der Waals surface area contributed by atoms with Crippen LogP contribution in [0.3, 0.4) is 0 Å². The number of aliphatic hydroxyl groups is 1. The first-order chi connectivity index (χ1) is 15.7. The molecule has 9 heteroatoms. The van der Waals surface area contributed by atoms with Crippen LogP contribution in [-0.2, 0) is 10.2 Å². The third kappa shape index (κ3) is 3.74. The number of hydrogen-bond donors (Lipinski definition) is 3. The molecule has 4 N–H and O–H groups in total. The maximum Gasteiger partial charge on any atom is 0.229 e. The molecule has 0 spiro atoms. The number of primary amides is 1. The number of nitrogens with zero attached hydrogens (tertiary/aromatic N) is 3. The zero-order valence-corrected chi connectivity index (χ0v) is 18.7. The molecule has 1 fully saturated rings. The Morgan fingerprint density at radius 1 is 1.24 bits per heavy atom. The molecule has 0 unspecified atom stereocenters. The monoisotopic (exact) mass is 447 g/mol. The van der Waals surface area contributed by atoms with Gasteiger partial charge in [-0.1, -0.05) is 0 Å². The highest BCUT2D eigenvalue weighted by Gasteiger charge is 2.51. The highest BCUT2D eigenvalue weighted by molar-refractivity contribution is 6.01. The van der Waals surface area contributed by atoms with Gasteiger partial charge in [0.25, 0.3) is 0 Å². The van der Waals surface area contributed by atoms with Crippen molar-refractivity contribution in [2.45, 2.75) is 37.7 Å². The second kappa shape index (κ2) is 7.41. The number of benzene rings is 1. The Hall–Kier alpha value is -3.72. The van der Waals surface area contributed by atoms with Gasteiger partial charge in [-0.25, -0.2) is 9.97 Å².